The second-order valence-corrected chi connectivity index (χ2v) is 6.34. The zero-order chi connectivity index (χ0) is 15.6. The van der Waals surface area contributed by atoms with Crippen molar-refractivity contribution in [3.8, 4) is 5.88 Å². The summed E-state index contributed by atoms with van der Waals surface area (Å²) in [7, 11) is -2.74. The fraction of sp³-hybridized carbons (Fsp3) is 0.100. The van der Waals surface area contributed by atoms with E-state index in [9.17, 15) is 8.42 Å². The highest BCUT2D eigenvalue weighted by molar-refractivity contribution is 7.92. The summed E-state index contributed by atoms with van der Waals surface area (Å²) in [6.45, 7) is 0. The molecule has 11 heteroatoms. The van der Waals surface area contributed by atoms with Crippen molar-refractivity contribution >= 4 is 50.6 Å². The first-order valence-electron chi connectivity index (χ1n) is 5.24. The van der Waals surface area contributed by atoms with Crippen LogP contribution in [0.2, 0.25) is 15.3 Å². The first kappa shape index (κ1) is 16.0. The molecule has 0 unspecified atom stereocenters. The van der Waals surface area contributed by atoms with Crippen molar-refractivity contribution in [3.63, 3.8) is 0 Å². The number of anilines is 1. The van der Waals surface area contributed by atoms with Gasteiger partial charge in [0.05, 0.1) is 18.3 Å². The van der Waals surface area contributed by atoms with Gasteiger partial charge in [-0.2, -0.15) is 4.98 Å². The minimum atomic E-state index is -4.04. The third-order valence-electron chi connectivity index (χ3n) is 2.24. The Balaban J connectivity index is 2.45. The molecule has 0 saturated heterocycles. The van der Waals surface area contributed by atoms with Crippen LogP contribution < -0.4 is 9.46 Å². The first-order chi connectivity index (χ1) is 9.85. The molecule has 0 fully saturated rings. The lowest BCUT2D eigenvalue weighted by molar-refractivity contribution is 0.398. The summed E-state index contributed by atoms with van der Waals surface area (Å²) in [5.74, 6) is -0.215. The van der Waals surface area contributed by atoms with Crippen molar-refractivity contribution in [2.75, 3.05) is 11.8 Å². The van der Waals surface area contributed by atoms with E-state index < -0.39 is 10.0 Å². The molecule has 0 atom stereocenters. The molecule has 21 heavy (non-hydrogen) atoms. The van der Waals surface area contributed by atoms with Crippen LogP contribution in [0.25, 0.3) is 0 Å². The zero-order valence-electron chi connectivity index (χ0n) is 10.3. The number of pyridine rings is 1. The van der Waals surface area contributed by atoms with Crippen LogP contribution in [-0.4, -0.2) is 30.5 Å². The number of hydrogen-bond donors (Lipinski definition) is 1. The Kier molecular flexibility index (Phi) is 4.72. The summed E-state index contributed by atoms with van der Waals surface area (Å²) in [6.07, 6.45) is 2.39. The van der Waals surface area contributed by atoms with Gasteiger partial charge in [0.1, 0.15) is 10.0 Å². The van der Waals surface area contributed by atoms with Crippen LogP contribution in [0.5, 0.6) is 5.88 Å². The number of nitrogens with one attached hydrogen (secondary N) is 1. The van der Waals surface area contributed by atoms with Crippen molar-refractivity contribution in [1.29, 1.82) is 0 Å². The van der Waals surface area contributed by atoms with Gasteiger partial charge < -0.3 is 4.74 Å². The van der Waals surface area contributed by atoms with E-state index in [-0.39, 0.29) is 31.9 Å². The number of rotatable bonds is 4. The van der Waals surface area contributed by atoms with Crippen molar-refractivity contribution < 1.29 is 13.2 Å². The van der Waals surface area contributed by atoms with Gasteiger partial charge in [0.25, 0.3) is 15.9 Å². The summed E-state index contributed by atoms with van der Waals surface area (Å²) in [4.78, 5) is 11.0. The van der Waals surface area contributed by atoms with Gasteiger partial charge >= 0.3 is 0 Å². The van der Waals surface area contributed by atoms with Crippen molar-refractivity contribution in [2.24, 2.45) is 0 Å². The molecule has 0 radical (unpaired) electrons. The molecule has 2 aromatic rings. The Morgan fingerprint density at radius 3 is 2.62 bits per heavy atom. The second-order valence-electron chi connectivity index (χ2n) is 3.57. The van der Waals surface area contributed by atoms with E-state index in [0.29, 0.717) is 0 Å². The molecule has 0 aliphatic heterocycles. The number of halogens is 3. The number of aromatic nitrogens is 3. The van der Waals surface area contributed by atoms with E-state index in [2.05, 4.69) is 19.7 Å². The summed E-state index contributed by atoms with van der Waals surface area (Å²) < 4.78 is 31.7. The quantitative estimate of drug-likeness (QED) is 0.833. The van der Waals surface area contributed by atoms with Crippen LogP contribution in [0.4, 0.5) is 5.82 Å². The average molecular weight is 370 g/mol. The minimum Gasteiger partial charge on any atom is -0.478 e. The highest BCUT2D eigenvalue weighted by atomic mass is 35.5. The minimum absolute atomic E-state index is 0.0554. The number of methoxy groups -OCH3 is 1. The van der Waals surface area contributed by atoms with Gasteiger partial charge in [0.15, 0.2) is 5.15 Å². The van der Waals surface area contributed by atoms with E-state index >= 15 is 0 Å². The second kappa shape index (κ2) is 6.18. The zero-order valence-corrected chi connectivity index (χ0v) is 13.4. The number of nitrogens with zero attached hydrogens (tertiary/aromatic N) is 3. The standard InChI is InChI=1S/C10H7Cl3N4O3S/c1-20-10-9(15-4-6(11)16-10)17-21(18,19)5-2-3-14-8(13)7(5)12/h2-4H,1H3,(H,15,17). The predicted octanol–water partition coefficient (Wildman–Crippen LogP) is 2.64. The van der Waals surface area contributed by atoms with Crippen molar-refractivity contribution in [1.82, 2.24) is 15.0 Å². The maximum atomic E-state index is 12.3. The van der Waals surface area contributed by atoms with Gasteiger partial charge in [0.2, 0.25) is 5.82 Å². The van der Waals surface area contributed by atoms with E-state index in [1.54, 1.807) is 0 Å². The summed E-state index contributed by atoms with van der Waals surface area (Å²) in [6, 6.07) is 1.20. The molecule has 0 spiro atoms. The third-order valence-corrected chi connectivity index (χ3v) is 4.68. The maximum Gasteiger partial charge on any atom is 0.264 e. The Morgan fingerprint density at radius 2 is 1.95 bits per heavy atom. The Morgan fingerprint density at radius 1 is 1.24 bits per heavy atom. The predicted molar refractivity (Wildman–Crippen MR) is 78.7 cm³/mol. The van der Waals surface area contributed by atoms with Gasteiger partial charge in [0, 0.05) is 6.20 Å². The number of hydrogen-bond acceptors (Lipinski definition) is 6. The summed E-state index contributed by atoms with van der Waals surface area (Å²) in [5, 5.41) is -0.277. The summed E-state index contributed by atoms with van der Waals surface area (Å²) >= 11 is 17.2. The lowest BCUT2D eigenvalue weighted by atomic mass is 10.5. The topological polar surface area (TPSA) is 94.1 Å². The van der Waals surface area contributed by atoms with Gasteiger partial charge in [-0.25, -0.2) is 18.4 Å². The molecule has 0 amide bonds. The van der Waals surface area contributed by atoms with Gasteiger partial charge in [-0.1, -0.05) is 34.8 Å². The van der Waals surface area contributed by atoms with E-state index in [1.807, 2.05) is 0 Å². The monoisotopic (exact) mass is 368 g/mol. The molecule has 7 nitrogen and oxygen atoms in total. The SMILES string of the molecule is COc1nc(Cl)cnc1NS(=O)(=O)c1ccnc(Cl)c1Cl. The number of sulfonamides is 1. The van der Waals surface area contributed by atoms with Crippen LogP contribution in [0.3, 0.4) is 0 Å². The van der Waals surface area contributed by atoms with Crippen molar-refractivity contribution in [2.45, 2.75) is 4.90 Å². The molecule has 0 aliphatic rings. The normalized spacial score (nSPS) is 11.2. The van der Waals surface area contributed by atoms with Crippen molar-refractivity contribution in [3.05, 3.63) is 33.8 Å². The van der Waals surface area contributed by atoms with E-state index in [0.717, 1.165) is 0 Å². The summed E-state index contributed by atoms with van der Waals surface area (Å²) in [5.41, 5.74) is 0. The molecular weight excluding hydrogens is 363 g/mol. The Labute approximate surface area is 135 Å². The van der Waals surface area contributed by atoms with Crippen LogP contribution in [0.1, 0.15) is 0 Å². The Bertz CT molecular complexity index is 785. The molecular formula is C10H7Cl3N4O3S. The van der Waals surface area contributed by atoms with Gasteiger partial charge in [-0.3, -0.25) is 4.72 Å². The molecule has 2 heterocycles. The lowest BCUT2D eigenvalue weighted by Crippen LogP contribution is -2.16. The first-order valence-corrected chi connectivity index (χ1v) is 7.86. The average Bonchev–Trinajstić information content (AvgIpc) is 2.43. The third kappa shape index (κ3) is 3.46. The van der Waals surface area contributed by atoms with E-state index in [4.69, 9.17) is 39.5 Å². The maximum absolute atomic E-state index is 12.3. The molecule has 2 rings (SSSR count). The molecule has 0 aliphatic carbocycles. The molecule has 2 aromatic heterocycles. The number of ether oxygens (including phenoxy) is 1. The Hall–Kier alpha value is -1.35. The lowest BCUT2D eigenvalue weighted by Gasteiger charge is -2.11. The highest BCUT2D eigenvalue weighted by Gasteiger charge is 2.23. The molecule has 0 bridgehead atoms. The molecule has 112 valence electrons. The van der Waals surface area contributed by atoms with E-state index in [1.165, 1.54) is 25.6 Å². The van der Waals surface area contributed by atoms with Crippen LogP contribution in [0, 0.1) is 0 Å². The van der Waals surface area contributed by atoms with Crippen LogP contribution >= 0.6 is 34.8 Å². The smallest absolute Gasteiger partial charge is 0.264 e. The molecule has 0 saturated carbocycles. The molecule has 0 aromatic carbocycles. The van der Waals surface area contributed by atoms with Gasteiger partial charge in [-0.15, -0.1) is 0 Å². The van der Waals surface area contributed by atoms with Crippen LogP contribution in [0.15, 0.2) is 23.4 Å². The fourth-order valence-corrected chi connectivity index (χ4v) is 3.19. The fourth-order valence-electron chi connectivity index (χ4n) is 1.36. The molecule has 1 N–H and O–H groups in total. The van der Waals surface area contributed by atoms with Crippen LogP contribution in [-0.2, 0) is 10.0 Å². The highest BCUT2D eigenvalue weighted by Crippen LogP contribution is 2.30. The largest absolute Gasteiger partial charge is 0.478 e. The van der Waals surface area contributed by atoms with Gasteiger partial charge in [-0.05, 0) is 6.07 Å².